The molecule has 21 heavy (non-hydrogen) atoms. The molecule has 0 aliphatic rings. The Kier molecular flexibility index (Phi) is 4.35. The molecule has 2 heterocycles. The average Bonchev–Trinajstić information content (AvgIpc) is 2.72. The lowest BCUT2D eigenvalue weighted by Crippen LogP contribution is -2.19. The van der Waals surface area contributed by atoms with E-state index in [1.54, 1.807) is 14.0 Å². The van der Waals surface area contributed by atoms with Gasteiger partial charge in [0.2, 0.25) is 5.95 Å². The van der Waals surface area contributed by atoms with Crippen molar-refractivity contribution >= 4 is 33.4 Å². The second-order valence-electron chi connectivity index (χ2n) is 4.18. The third-order valence-corrected chi connectivity index (χ3v) is 3.24. The summed E-state index contributed by atoms with van der Waals surface area (Å²) in [4.78, 5) is 8.21. The molecular weight excluding hydrogens is 353 g/mol. The molecule has 0 aliphatic carbocycles. The summed E-state index contributed by atoms with van der Waals surface area (Å²) in [7, 11) is 1.70. The van der Waals surface area contributed by atoms with E-state index in [4.69, 9.17) is 0 Å². The maximum Gasteiger partial charge on any atom is 0.408 e. The minimum absolute atomic E-state index is 0.261. The summed E-state index contributed by atoms with van der Waals surface area (Å²) in [6.45, 7) is 0.405. The molecule has 0 fully saturated rings. The van der Waals surface area contributed by atoms with Crippen LogP contribution in [-0.2, 0) is 6.54 Å². The number of hydrogen-bond donors (Lipinski definition) is 2. The largest absolute Gasteiger partial charge is 0.408 e. The highest BCUT2D eigenvalue weighted by Gasteiger charge is 2.29. The molecule has 0 aromatic carbocycles. The van der Waals surface area contributed by atoms with Gasteiger partial charge < -0.3 is 10.6 Å². The second-order valence-corrected chi connectivity index (χ2v) is 5.04. The number of hydrogen-bond acceptors (Lipinski definition) is 5. The van der Waals surface area contributed by atoms with Gasteiger partial charge in [-0.05, 0) is 22.9 Å². The number of aromatic nitrogens is 4. The summed E-state index contributed by atoms with van der Waals surface area (Å²) in [6, 6.07) is 0. The number of nitrogens with one attached hydrogen (secondary N) is 2. The van der Waals surface area contributed by atoms with Crippen molar-refractivity contribution < 1.29 is 13.2 Å². The summed E-state index contributed by atoms with van der Waals surface area (Å²) in [5.41, 5.74) is 0.772. The number of alkyl halides is 3. The van der Waals surface area contributed by atoms with Crippen molar-refractivity contribution in [3.05, 3.63) is 22.6 Å². The Balaban J connectivity index is 2.21. The fourth-order valence-electron chi connectivity index (χ4n) is 1.62. The van der Waals surface area contributed by atoms with Crippen molar-refractivity contribution in [3.63, 3.8) is 0 Å². The molecule has 0 atom stereocenters. The standard InChI is InChI=1S/C11H12BrF3N6/c1-6-8(4-18-21(6)5-11(13,14)15)19-10-17-3-7(12)9(16-2)20-10/h3-4H,5H2,1-2H3,(H2,16,17,19,20). The molecule has 0 radical (unpaired) electrons. The Bertz CT molecular complexity index is 639. The van der Waals surface area contributed by atoms with Gasteiger partial charge in [0.15, 0.2) is 0 Å². The molecule has 0 spiro atoms. The lowest BCUT2D eigenvalue weighted by atomic mass is 10.4. The maximum absolute atomic E-state index is 12.4. The Morgan fingerprint density at radius 3 is 2.67 bits per heavy atom. The summed E-state index contributed by atoms with van der Waals surface area (Å²) < 4.78 is 38.7. The van der Waals surface area contributed by atoms with Crippen molar-refractivity contribution in [2.75, 3.05) is 17.7 Å². The highest BCUT2D eigenvalue weighted by Crippen LogP contribution is 2.24. The van der Waals surface area contributed by atoms with Crippen molar-refractivity contribution in [3.8, 4) is 0 Å². The Labute approximate surface area is 126 Å². The smallest absolute Gasteiger partial charge is 0.372 e. The predicted molar refractivity (Wildman–Crippen MR) is 75.6 cm³/mol. The molecule has 10 heteroatoms. The van der Waals surface area contributed by atoms with Gasteiger partial charge in [0.25, 0.3) is 0 Å². The van der Waals surface area contributed by atoms with Gasteiger partial charge >= 0.3 is 6.18 Å². The third-order valence-electron chi connectivity index (χ3n) is 2.66. The number of anilines is 3. The molecular formula is C11H12BrF3N6. The first kappa shape index (κ1) is 15.5. The van der Waals surface area contributed by atoms with Crippen LogP contribution >= 0.6 is 15.9 Å². The first-order chi connectivity index (χ1) is 9.80. The summed E-state index contributed by atoms with van der Waals surface area (Å²) in [5.74, 6) is 0.824. The van der Waals surface area contributed by atoms with Crippen LogP contribution in [0.25, 0.3) is 0 Å². The lowest BCUT2D eigenvalue weighted by Gasteiger charge is -2.09. The third kappa shape index (κ3) is 3.84. The second kappa shape index (κ2) is 5.88. The van der Waals surface area contributed by atoms with Crippen LogP contribution in [0, 0.1) is 6.92 Å². The Morgan fingerprint density at radius 2 is 2.05 bits per heavy atom. The zero-order valence-corrected chi connectivity index (χ0v) is 12.7. The van der Waals surface area contributed by atoms with Gasteiger partial charge in [-0.25, -0.2) is 4.98 Å². The van der Waals surface area contributed by atoms with Crippen molar-refractivity contribution in [2.45, 2.75) is 19.6 Å². The van der Waals surface area contributed by atoms with Crippen LogP contribution in [0.4, 0.5) is 30.6 Å². The minimum atomic E-state index is -4.32. The van der Waals surface area contributed by atoms with E-state index in [2.05, 4.69) is 41.6 Å². The highest BCUT2D eigenvalue weighted by atomic mass is 79.9. The zero-order valence-electron chi connectivity index (χ0n) is 11.2. The topological polar surface area (TPSA) is 67.7 Å². The van der Waals surface area contributed by atoms with Crippen LogP contribution in [0.5, 0.6) is 0 Å². The van der Waals surface area contributed by atoms with Gasteiger partial charge in [-0.1, -0.05) is 0 Å². The van der Waals surface area contributed by atoms with Crippen molar-refractivity contribution in [2.24, 2.45) is 0 Å². The molecule has 0 bridgehead atoms. The van der Waals surface area contributed by atoms with E-state index in [0.29, 0.717) is 21.7 Å². The van der Waals surface area contributed by atoms with E-state index in [-0.39, 0.29) is 5.95 Å². The monoisotopic (exact) mass is 364 g/mol. The lowest BCUT2D eigenvalue weighted by molar-refractivity contribution is -0.142. The number of halogens is 4. The van der Waals surface area contributed by atoms with Gasteiger partial charge in [-0.2, -0.15) is 23.3 Å². The molecule has 6 nitrogen and oxygen atoms in total. The van der Waals surface area contributed by atoms with Crippen LogP contribution in [0.1, 0.15) is 5.69 Å². The molecule has 2 aromatic heterocycles. The molecule has 0 amide bonds. The summed E-state index contributed by atoms with van der Waals surface area (Å²) >= 11 is 3.27. The van der Waals surface area contributed by atoms with E-state index in [0.717, 1.165) is 4.68 Å². The van der Waals surface area contributed by atoms with E-state index in [1.165, 1.54) is 12.4 Å². The fraction of sp³-hybridized carbons (Fsp3) is 0.364. The molecule has 0 aliphatic heterocycles. The first-order valence-corrected chi connectivity index (χ1v) is 6.66. The van der Waals surface area contributed by atoms with E-state index in [9.17, 15) is 13.2 Å². The van der Waals surface area contributed by atoms with Crippen LogP contribution in [-0.4, -0.2) is 33.0 Å². The van der Waals surface area contributed by atoms with E-state index < -0.39 is 12.7 Å². The molecule has 0 unspecified atom stereocenters. The van der Waals surface area contributed by atoms with Gasteiger partial charge in [0.1, 0.15) is 12.4 Å². The molecule has 2 N–H and O–H groups in total. The van der Waals surface area contributed by atoms with Gasteiger partial charge in [-0.3, -0.25) is 4.68 Å². The summed E-state index contributed by atoms with van der Waals surface area (Å²) in [6.07, 6.45) is -1.47. The van der Waals surface area contributed by atoms with Gasteiger partial charge in [0, 0.05) is 13.2 Å². The highest BCUT2D eigenvalue weighted by molar-refractivity contribution is 9.10. The van der Waals surface area contributed by atoms with Gasteiger partial charge in [0.05, 0.1) is 22.1 Å². The predicted octanol–water partition coefficient (Wildman–Crippen LogP) is 3.09. The van der Waals surface area contributed by atoms with E-state index >= 15 is 0 Å². The van der Waals surface area contributed by atoms with Crippen LogP contribution in [0.3, 0.4) is 0 Å². The first-order valence-electron chi connectivity index (χ1n) is 5.86. The normalized spacial score (nSPS) is 11.5. The SMILES string of the molecule is CNc1nc(Nc2cnn(CC(F)(F)F)c2C)ncc1Br. The Hall–Kier alpha value is -1.84. The molecule has 114 valence electrons. The maximum atomic E-state index is 12.4. The zero-order chi connectivity index (χ0) is 15.6. The van der Waals surface area contributed by atoms with Crippen LogP contribution in [0.15, 0.2) is 16.9 Å². The molecule has 0 saturated heterocycles. The van der Waals surface area contributed by atoms with Crippen LogP contribution in [0.2, 0.25) is 0 Å². The number of rotatable bonds is 4. The minimum Gasteiger partial charge on any atom is -0.372 e. The molecule has 2 aromatic rings. The van der Waals surface area contributed by atoms with Crippen molar-refractivity contribution in [1.29, 1.82) is 0 Å². The molecule has 0 saturated carbocycles. The fourth-order valence-corrected chi connectivity index (χ4v) is 2.01. The quantitative estimate of drug-likeness (QED) is 0.872. The Morgan fingerprint density at radius 1 is 1.33 bits per heavy atom. The average molecular weight is 365 g/mol. The van der Waals surface area contributed by atoms with Crippen LogP contribution < -0.4 is 10.6 Å². The number of nitrogens with zero attached hydrogens (tertiary/aromatic N) is 4. The van der Waals surface area contributed by atoms with Gasteiger partial charge in [-0.15, -0.1) is 0 Å². The van der Waals surface area contributed by atoms with E-state index in [1.807, 2.05) is 0 Å². The van der Waals surface area contributed by atoms with Crippen molar-refractivity contribution in [1.82, 2.24) is 19.7 Å². The molecule has 2 rings (SSSR count). The summed E-state index contributed by atoms with van der Waals surface area (Å²) in [5, 5.41) is 9.42.